The van der Waals surface area contributed by atoms with Gasteiger partial charge in [0.1, 0.15) is 0 Å². The molecule has 0 bridgehead atoms. The molecule has 0 fully saturated rings. The van der Waals surface area contributed by atoms with Crippen molar-refractivity contribution in [2.24, 2.45) is 0 Å². The predicted molar refractivity (Wildman–Crippen MR) is 63.3 cm³/mol. The summed E-state index contributed by atoms with van der Waals surface area (Å²) in [5.74, 6) is 0. The van der Waals surface area contributed by atoms with E-state index in [1.807, 2.05) is 0 Å². The van der Waals surface area contributed by atoms with Crippen molar-refractivity contribution in [3.05, 3.63) is 0 Å². The Balaban J connectivity index is -0.0000000800. The zero-order valence-electron chi connectivity index (χ0n) is 2.96. The Morgan fingerprint density at radius 1 is 0.714 bits per heavy atom. The molecule has 2 nitrogen and oxygen atoms in total. The quantitative estimate of drug-likeness (QED) is 0.385. The van der Waals surface area contributed by atoms with Gasteiger partial charge in [0.25, 0.3) is 0 Å². The molecule has 0 spiro atoms. The third-order valence-electron chi connectivity index (χ3n) is 0. The molecule has 0 aromatic heterocycles. The number of hydrogen-bond acceptors (Lipinski definition) is 0. The first-order valence-corrected chi connectivity index (χ1v) is 18.7. The van der Waals surface area contributed by atoms with Crippen molar-refractivity contribution in [3.63, 3.8) is 0 Å². The molecule has 0 radical (unpaired) electrons. The first kappa shape index (κ1) is 16.8. The Labute approximate surface area is 88.7 Å². The van der Waals surface area contributed by atoms with Gasteiger partial charge in [0.2, 0.25) is 0 Å². The predicted octanol–water partition coefficient (Wildman–Crippen LogP) is 1.89. The monoisotopic (exact) mass is 595 g/mol. The third-order valence-corrected chi connectivity index (χ3v) is 0. The number of halogens is 4. The molecule has 0 atom stereocenters. The molecule has 0 unspecified atom stereocenters. The first-order chi connectivity index (χ1) is 2.00. The zero-order chi connectivity index (χ0) is 4.50. The van der Waals surface area contributed by atoms with Gasteiger partial charge in [-0.2, -0.15) is 0 Å². The van der Waals surface area contributed by atoms with E-state index < -0.39 is 0.376 Å². The van der Waals surface area contributed by atoms with Crippen LogP contribution in [0.4, 0.5) is 0 Å². The number of hydrogen-bond donors (Lipinski definition) is 0. The molecule has 49 valence electrons. The summed E-state index contributed by atoms with van der Waals surface area (Å²) in [6, 6.07) is 0. The van der Waals surface area contributed by atoms with Crippen LogP contribution in [-0.2, 0) is 0.376 Å². The van der Waals surface area contributed by atoms with E-state index in [0.29, 0.717) is 0 Å². The SMILES string of the molecule is O.O.[I][V]([I])([I])[I]. The summed E-state index contributed by atoms with van der Waals surface area (Å²) in [7, 11) is 0. The topological polar surface area (TPSA) is 63.0 Å². The molecule has 7 heteroatoms. The van der Waals surface area contributed by atoms with E-state index in [9.17, 15) is 0 Å². The van der Waals surface area contributed by atoms with E-state index in [1.165, 1.54) is 0 Å². The Morgan fingerprint density at radius 3 is 0.714 bits per heavy atom. The van der Waals surface area contributed by atoms with Crippen LogP contribution in [-0.4, -0.2) is 11.0 Å². The van der Waals surface area contributed by atoms with Crippen molar-refractivity contribution < 1.29 is 11.3 Å². The van der Waals surface area contributed by atoms with Gasteiger partial charge in [-0.15, -0.1) is 0 Å². The van der Waals surface area contributed by atoms with Crippen LogP contribution in [0.3, 0.4) is 0 Å². The summed E-state index contributed by atoms with van der Waals surface area (Å²) in [4.78, 5) is 0. The Morgan fingerprint density at radius 2 is 0.714 bits per heavy atom. The van der Waals surface area contributed by atoms with Crippen LogP contribution in [0.1, 0.15) is 0 Å². The van der Waals surface area contributed by atoms with E-state index in [4.69, 9.17) is 0 Å². The summed E-state index contributed by atoms with van der Waals surface area (Å²) in [5.41, 5.74) is 0. The van der Waals surface area contributed by atoms with Gasteiger partial charge >= 0.3 is 80.3 Å². The summed E-state index contributed by atoms with van der Waals surface area (Å²) in [5, 5.41) is 0. The van der Waals surface area contributed by atoms with Crippen LogP contribution in [0.15, 0.2) is 0 Å². The maximum atomic E-state index is 2.51. The first-order valence-electron chi connectivity index (χ1n) is 0.676. The molecule has 0 amide bonds. The molecule has 7 heavy (non-hydrogen) atoms. The molecule has 0 saturated carbocycles. The average molecular weight is 595 g/mol. The molecule has 0 heterocycles. The molecule has 0 aromatic rings. The second kappa shape index (κ2) is 7.53. The van der Waals surface area contributed by atoms with Crippen molar-refractivity contribution in [1.29, 1.82) is 0 Å². The van der Waals surface area contributed by atoms with Crippen LogP contribution in [0.5, 0.6) is 0 Å². The summed E-state index contributed by atoms with van der Waals surface area (Å²) in [6.07, 6.45) is 0. The third kappa shape index (κ3) is 44.3. The molecule has 0 aliphatic heterocycles. The van der Waals surface area contributed by atoms with E-state index in [2.05, 4.69) is 79.9 Å². The molecular weight excluding hydrogens is 591 g/mol. The number of rotatable bonds is 0. The molecule has 0 aromatic carbocycles. The van der Waals surface area contributed by atoms with Gasteiger partial charge in [-0.25, -0.2) is 0 Å². The van der Waals surface area contributed by atoms with Crippen LogP contribution in [0, 0.1) is 0 Å². The van der Waals surface area contributed by atoms with E-state index >= 15 is 0 Å². The second-order valence-electron chi connectivity index (χ2n) is 0.383. The molecule has 4 N–H and O–H groups in total. The molecule has 0 rings (SSSR count). The molecule has 0 aliphatic rings. The maximum absolute atomic E-state index is 2.51. The van der Waals surface area contributed by atoms with Gasteiger partial charge in [0.15, 0.2) is 0 Å². The summed E-state index contributed by atoms with van der Waals surface area (Å²) < 4.78 is -0.995. The standard InChI is InChI=1S/4HI.2H2O.V/h4*1H;2*1H2;/q;;;;;;+4/p-4. The second-order valence-corrected chi connectivity index (χ2v) is 71.1. The van der Waals surface area contributed by atoms with Gasteiger partial charge in [-0.05, 0) is 0 Å². The van der Waals surface area contributed by atoms with Gasteiger partial charge in [0.05, 0.1) is 0 Å². The van der Waals surface area contributed by atoms with E-state index in [-0.39, 0.29) is 11.0 Å². The Bertz CT molecular complexity index is 25.2. The molecule has 0 aliphatic carbocycles. The van der Waals surface area contributed by atoms with Gasteiger partial charge in [-0.3, -0.25) is 0 Å². The van der Waals surface area contributed by atoms with Crippen LogP contribution in [0.25, 0.3) is 0 Å². The van der Waals surface area contributed by atoms with Crippen LogP contribution < -0.4 is 0 Å². The summed E-state index contributed by atoms with van der Waals surface area (Å²) in [6.45, 7) is 0. The van der Waals surface area contributed by atoms with Gasteiger partial charge < -0.3 is 11.0 Å². The average Bonchev–Trinajstić information content (AvgIpc) is 0.722. The fraction of sp³-hybridized carbons (Fsp3) is 0. The van der Waals surface area contributed by atoms with Crippen molar-refractivity contribution in [2.45, 2.75) is 0 Å². The fourth-order valence-corrected chi connectivity index (χ4v) is 0. The van der Waals surface area contributed by atoms with Crippen molar-refractivity contribution >= 4 is 79.9 Å². The fourth-order valence-electron chi connectivity index (χ4n) is 0. The molecular formula is H4I4O2V. The van der Waals surface area contributed by atoms with Crippen molar-refractivity contribution in [2.75, 3.05) is 0 Å². The molecule has 0 saturated heterocycles. The minimum absolute atomic E-state index is 0. The van der Waals surface area contributed by atoms with E-state index in [0.717, 1.165) is 0 Å². The van der Waals surface area contributed by atoms with Crippen LogP contribution in [0.2, 0.25) is 0 Å². The van der Waals surface area contributed by atoms with E-state index in [1.54, 1.807) is 0 Å². The van der Waals surface area contributed by atoms with Crippen LogP contribution >= 0.6 is 79.9 Å². The summed E-state index contributed by atoms with van der Waals surface area (Å²) >= 11 is 10.0. The Hall–Kier alpha value is 3.42. The van der Waals surface area contributed by atoms with Gasteiger partial charge in [-0.1, -0.05) is 0 Å². The Kier molecular flexibility index (Phi) is 18.1. The zero-order valence-corrected chi connectivity index (χ0v) is 13.0. The van der Waals surface area contributed by atoms with Crippen molar-refractivity contribution in [3.8, 4) is 0 Å². The normalized spacial score (nSPS) is 8.57. The minimum atomic E-state index is -0.995. The van der Waals surface area contributed by atoms with Gasteiger partial charge in [0, 0.05) is 0 Å². The van der Waals surface area contributed by atoms with Crippen molar-refractivity contribution in [1.82, 2.24) is 0 Å².